The van der Waals surface area contributed by atoms with Crippen molar-refractivity contribution in [3.8, 4) is 0 Å². The van der Waals surface area contributed by atoms with Gasteiger partial charge in [-0.1, -0.05) is 13.0 Å². The second-order valence-electron chi connectivity index (χ2n) is 4.97. The third-order valence-electron chi connectivity index (χ3n) is 3.45. The number of anilines is 1. The Morgan fingerprint density at radius 2 is 2.28 bits per heavy atom. The molecular formula is C15H24N2O. The van der Waals surface area contributed by atoms with Gasteiger partial charge in [-0.15, -0.1) is 0 Å². The zero-order valence-corrected chi connectivity index (χ0v) is 11.2. The molecule has 0 amide bonds. The lowest BCUT2D eigenvalue weighted by Crippen LogP contribution is -2.21. The summed E-state index contributed by atoms with van der Waals surface area (Å²) in [4.78, 5) is 0. The molecule has 1 aliphatic rings. The molecule has 1 unspecified atom stereocenters. The fourth-order valence-corrected chi connectivity index (χ4v) is 2.55. The summed E-state index contributed by atoms with van der Waals surface area (Å²) in [6.45, 7) is 4.91. The van der Waals surface area contributed by atoms with Crippen LogP contribution in [0.3, 0.4) is 0 Å². The van der Waals surface area contributed by atoms with Crippen molar-refractivity contribution in [3.63, 3.8) is 0 Å². The molecule has 0 saturated carbocycles. The highest BCUT2D eigenvalue weighted by molar-refractivity contribution is 5.47. The van der Waals surface area contributed by atoms with Gasteiger partial charge in [0.15, 0.2) is 0 Å². The van der Waals surface area contributed by atoms with Crippen LogP contribution in [0.2, 0.25) is 0 Å². The zero-order chi connectivity index (χ0) is 12.8. The Balaban J connectivity index is 1.73. The van der Waals surface area contributed by atoms with E-state index in [2.05, 4.69) is 24.4 Å². The van der Waals surface area contributed by atoms with E-state index in [9.17, 15) is 0 Å². The minimum Gasteiger partial charge on any atom is -0.399 e. The number of benzene rings is 1. The van der Waals surface area contributed by atoms with Gasteiger partial charge >= 0.3 is 0 Å². The molecule has 0 spiro atoms. The molecule has 3 N–H and O–H groups in total. The molecule has 0 radical (unpaired) electrons. The Bertz CT molecular complexity index is 379. The summed E-state index contributed by atoms with van der Waals surface area (Å²) in [6.07, 6.45) is 4.52. The van der Waals surface area contributed by atoms with Crippen LogP contribution in [-0.2, 0) is 11.2 Å². The highest BCUT2D eigenvalue weighted by Crippen LogP contribution is 2.32. The molecule has 1 atom stereocenters. The molecule has 3 nitrogen and oxygen atoms in total. The van der Waals surface area contributed by atoms with Gasteiger partial charge in [0.1, 0.15) is 0 Å². The lowest BCUT2D eigenvalue weighted by molar-refractivity contribution is 0.131. The van der Waals surface area contributed by atoms with Crippen molar-refractivity contribution in [1.29, 1.82) is 0 Å². The summed E-state index contributed by atoms with van der Waals surface area (Å²) in [7, 11) is 0. The van der Waals surface area contributed by atoms with Crippen LogP contribution in [0, 0.1) is 0 Å². The van der Waals surface area contributed by atoms with E-state index in [4.69, 9.17) is 10.5 Å². The zero-order valence-electron chi connectivity index (χ0n) is 11.2. The maximum absolute atomic E-state index is 5.81. The van der Waals surface area contributed by atoms with Gasteiger partial charge in [0, 0.05) is 24.9 Å². The molecular weight excluding hydrogens is 224 g/mol. The molecule has 0 bridgehead atoms. The number of ether oxygens (including phenoxy) is 1. The van der Waals surface area contributed by atoms with Crippen molar-refractivity contribution in [2.75, 3.05) is 25.5 Å². The standard InChI is InChI=1S/C15H24N2O/c1-2-9-18-10-3-8-17-15-7-4-12-11-13(16)5-6-14(12)15/h5-6,11,15,17H,2-4,7-10,16H2,1H3. The van der Waals surface area contributed by atoms with Crippen LogP contribution in [0.15, 0.2) is 18.2 Å². The first kappa shape index (κ1) is 13.4. The first-order chi connectivity index (χ1) is 8.81. The number of fused-ring (bicyclic) bond motifs is 1. The molecule has 1 aliphatic carbocycles. The molecule has 100 valence electrons. The summed E-state index contributed by atoms with van der Waals surface area (Å²) in [5.41, 5.74) is 9.53. The van der Waals surface area contributed by atoms with Crippen LogP contribution < -0.4 is 11.1 Å². The van der Waals surface area contributed by atoms with Crippen molar-refractivity contribution in [1.82, 2.24) is 5.32 Å². The van der Waals surface area contributed by atoms with Gasteiger partial charge < -0.3 is 15.8 Å². The van der Waals surface area contributed by atoms with Crippen LogP contribution in [0.5, 0.6) is 0 Å². The van der Waals surface area contributed by atoms with Gasteiger partial charge in [0.25, 0.3) is 0 Å². The molecule has 3 heteroatoms. The first-order valence-electron chi connectivity index (χ1n) is 7.00. The number of nitrogens with two attached hydrogens (primary N) is 1. The predicted octanol–water partition coefficient (Wildman–Crippen LogP) is 2.66. The number of nitrogen functional groups attached to an aromatic ring is 1. The molecule has 0 fully saturated rings. The first-order valence-corrected chi connectivity index (χ1v) is 7.00. The van der Waals surface area contributed by atoms with E-state index >= 15 is 0 Å². The lowest BCUT2D eigenvalue weighted by atomic mass is 10.1. The number of hydrogen-bond acceptors (Lipinski definition) is 3. The smallest absolute Gasteiger partial charge is 0.0478 e. The largest absolute Gasteiger partial charge is 0.399 e. The summed E-state index contributed by atoms with van der Waals surface area (Å²) < 4.78 is 5.48. The molecule has 0 aromatic heterocycles. The van der Waals surface area contributed by atoms with E-state index in [0.717, 1.165) is 44.7 Å². The fourth-order valence-electron chi connectivity index (χ4n) is 2.55. The predicted molar refractivity (Wildman–Crippen MR) is 75.6 cm³/mol. The lowest BCUT2D eigenvalue weighted by Gasteiger charge is -2.14. The van der Waals surface area contributed by atoms with Gasteiger partial charge in [0.05, 0.1) is 0 Å². The molecule has 1 aromatic carbocycles. The minimum absolute atomic E-state index is 0.506. The average Bonchev–Trinajstić information content (AvgIpc) is 2.76. The third-order valence-corrected chi connectivity index (χ3v) is 3.45. The van der Waals surface area contributed by atoms with Gasteiger partial charge in [-0.25, -0.2) is 0 Å². The molecule has 0 heterocycles. The van der Waals surface area contributed by atoms with E-state index in [0.29, 0.717) is 6.04 Å². The Morgan fingerprint density at radius 1 is 1.39 bits per heavy atom. The number of aryl methyl sites for hydroxylation is 1. The van der Waals surface area contributed by atoms with Crippen LogP contribution >= 0.6 is 0 Å². The molecule has 0 saturated heterocycles. The summed E-state index contributed by atoms with van der Waals surface area (Å²) in [5, 5.41) is 3.61. The van der Waals surface area contributed by atoms with Crippen molar-refractivity contribution in [2.24, 2.45) is 0 Å². The van der Waals surface area contributed by atoms with Gasteiger partial charge in [-0.05, 0) is 55.5 Å². The Labute approximate surface area is 110 Å². The van der Waals surface area contributed by atoms with Crippen LogP contribution in [-0.4, -0.2) is 19.8 Å². The third kappa shape index (κ3) is 3.47. The fraction of sp³-hybridized carbons (Fsp3) is 0.600. The number of hydrogen-bond donors (Lipinski definition) is 2. The van der Waals surface area contributed by atoms with E-state index in [1.54, 1.807) is 0 Å². The second-order valence-corrected chi connectivity index (χ2v) is 4.97. The van der Waals surface area contributed by atoms with Crippen molar-refractivity contribution >= 4 is 5.69 Å². The monoisotopic (exact) mass is 248 g/mol. The highest BCUT2D eigenvalue weighted by Gasteiger charge is 2.21. The molecule has 1 aromatic rings. The summed E-state index contributed by atoms with van der Waals surface area (Å²) in [5.74, 6) is 0. The Kier molecular flexibility index (Phi) is 5.02. The van der Waals surface area contributed by atoms with Crippen LogP contribution in [0.4, 0.5) is 5.69 Å². The molecule has 18 heavy (non-hydrogen) atoms. The molecule has 2 rings (SSSR count). The van der Waals surface area contributed by atoms with Crippen molar-refractivity contribution in [2.45, 2.75) is 38.6 Å². The van der Waals surface area contributed by atoms with Crippen LogP contribution in [0.1, 0.15) is 43.4 Å². The highest BCUT2D eigenvalue weighted by atomic mass is 16.5. The minimum atomic E-state index is 0.506. The summed E-state index contributed by atoms with van der Waals surface area (Å²) in [6, 6.07) is 6.79. The second kappa shape index (κ2) is 6.76. The Morgan fingerprint density at radius 3 is 3.11 bits per heavy atom. The maximum atomic E-state index is 5.81. The Hall–Kier alpha value is -1.06. The van der Waals surface area contributed by atoms with Crippen molar-refractivity contribution < 1.29 is 4.74 Å². The number of rotatable bonds is 7. The van der Waals surface area contributed by atoms with E-state index in [1.165, 1.54) is 17.5 Å². The summed E-state index contributed by atoms with van der Waals surface area (Å²) >= 11 is 0. The van der Waals surface area contributed by atoms with Gasteiger partial charge in [-0.2, -0.15) is 0 Å². The maximum Gasteiger partial charge on any atom is 0.0478 e. The molecule has 0 aliphatic heterocycles. The topological polar surface area (TPSA) is 47.3 Å². The normalized spacial score (nSPS) is 17.9. The number of nitrogens with one attached hydrogen (secondary N) is 1. The van der Waals surface area contributed by atoms with E-state index in [1.807, 2.05) is 6.07 Å². The van der Waals surface area contributed by atoms with E-state index in [-0.39, 0.29) is 0 Å². The van der Waals surface area contributed by atoms with Gasteiger partial charge in [-0.3, -0.25) is 0 Å². The SMILES string of the molecule is CCCOCCCNC1CCc2cc(N)ccc21. The van der Waals surface area contributed by atoms with Crippen LogP contribution in [0.25, 0.3) is 0 Å². The van der Waals surface area contributed by atoms with Crippen molar-refractivity contribution in [3.05, 3.63) is 29.3 Å². The average molecular weight is 248 g/mol. The van der Waals surface area contributed by atoms with Gasteiger partial charge in [0.2, 0.25) is 0 Å². The quantitative estimate of drug-likeness (QED) is 0.576. The van der Waals surface area contributed by atoms with E-state index < -0.39 is 0 Å².